The van der Waals surface area contributed by atoms with Gasteiger partial charge in [0, 0.05) is 18.3 Å². The van der Waals surface area contributed by atoms with Crippen LogP contribution in [0.4, 0.5) is 18.9 Å². The third kappa shape index (κ3) is 6.25. The van der Waals surface area contributed by atoms with Gasteiger partial charge in [0.1, 0.15) is 0 Å². The first-order valence-corrected chi connectivity index (χ1v) is 10.1. The van der Waals surface area contributed by atoms with Crippen molar-refractivity contribution in [3.63, 3.8) is 0 Å². The lowest BCUT2D eigenvalue weighted by molar-refractivity contribution is -0.137. The molecule has 0 amide bonds. The lowest BCUT2D eigenvalue weighted by Gasteiger charge is -2.13. The minimum absolute atomic E-state index is 0.149. The number of hydrogen-bond acceptors (Lipinski definition) is 4. The Balaban J connectivity index is 2.05. The van der Waals surface area contributed by atoms with E-state index in [-0.39, 0.29) is 24.0 Å². The summed E-state index contributed by atoms with van der Waals surface area (Å²) in [6.07, 6.45) is -4.61. The van der Waals surface area contributed by atoms with Crippen molar-refractivity contribution in [2.24, 2.45) is 0 Å². The number of nitriles is 1. The van der Waals surface area contributed by atoms with Crippen LogP contribution in [0.2, 0.25) is 0 Å². The highest BCUT2D eigenvalue weighted by atomic mass is 32.2. The second-order valence-corrected chi connectivity index (χ2v) is 8.33. The Bertz CT molecular complexity index is 963. The molecule has 0 unspecified atom stereocenters. The SMILES string of the molecule is CC(C)NS(=O)(=O)Cc1ccc(CNc2ccc(C#N)c(C(F)(F)F)c2)cc1. The van der Waals surface area contributed by atoms with Crippen LogP contribution in [0.15, 0.2) is 42.5 Å². The van der Waals surface area contributed by atoms with E-state index in [2.05, 4.69) is 10.0 Å². The molecule has 2 aromatic carbocycles. The van der Waals surface area contributed by atoms with E-state index in [9.17, 15) is 21.6 Å². The molecule has 0 aromatic heterocycles. The molecular formula is C19H20F3N3O2S. The van der Waals surface area contributed by atoms with E-state index in [1.54, 1.807) is 38.1 Å². The Kier molecular flexibility index (Phi) is 6.69. The summed E-state index contributed by atoms with van der Waals surface area (Å²) in [5, 5.41) is 11.7. The summed E-state index contributed by atoms with van der Waals surface area (Å²) in [7, 11) is -3.43. The summed E-state index contributed by atoms with van der Waals surface area (Å²) in [5.41, 5.74) is 0.196. The molecule has 0 atom stereocenters. The van der Waals surface area contributed by atoms with Gasteiger partial charge < -0.3 is 5.32 Å². The van der Waals surface area contributed by atoms with E-state index < -0.39 is 27.3 Å². The van der Waals surface area contributed by atoms with Gasteiger partial charge in [0.05, 0.1) is 22.9 Å². The molecule has 2 aromatic rings. The minimum Gasteiger partial charge on any atom is -0.381 e. The summed E-state index contributed by atoms with van der Waals surface area (Å²) < 4.78 is 65.4. The van der Waals surface area contributed by atoms with Crippen molar-refractivity contribution in [1.29, 1.82) is 5.26 Å². The maximum Gasteiger partial charge on any atom is 0.417 e. The molecule has 0 aliphatic carbocycles. The molecule has 0 radical (unpaired) electrons. The lowest BCUT2D eigenvalue weighted by atomic mass is 10.1. The number of alkyl halides is 3. The monoisotopic (exact) mass is 411 g/mol. The van der Waals surface area contributed by atoms with Crippen molar-refractivity contribution in [2.45, 2.75) is 38.4 Å². The number of rotatable bonds is 7. The van der Waals surface area contributed by atoms with Crippen LogP contribution in [0.3, 0.4) is 0 Å². The first-order chi connectivity index (χ1) is 13.0. The van der Waals surface area contributed by atoms with Gasteiger partial charge in [-0.05, 0) is 43.2 Å². The number of nitrogens with one attached hydrogen (secondary N) is 2. The molecule has 0 aliphatic rings. The van der Waals surface area contributed by atoms with Crippen molar-refractivity contribution in [1.82, 2.24) is 4.72 Å². The molecule has 28 heavy (non-hydrogen) atoms. The van der Waals surface area contributed by atoms with Gasteiger partial charge in [0.25, 0.3) is 0 Å². The summed E-state index contributed by atoms with van der Waals surface area (Å²) in [6.45, 7) is 3.72. The van der Waals surface area contributed by atoms with Crippen molar-refractivity contribution in [2.75, 3.05) is 5.32 Å². The fourth-order valence-corrected chi connectivity index (χ4v) is 4.00. The Morgan fingerprint density at radius 3 is 2.21 bits per heavy atom. The van der Waals surface area contributed by atoms with Crippen LogP contribution >= 0.6 is 0 Å². The first-order valence-electron chi connectivity index (χ1n) is 8.43. The van der Waals surface area contributed by atoms with Crippen LogP contribution in [0, 0.1) is 11.3 Å². The molecule has 9 heteroatoms. The van der Waals surface area contributed by atoms with Crippen molar-refractivity contribution in [3.05, 3.63) is 64.7 Å². The summed E-state index contributed by atoms with van der Waals surface area (Å²) in [5.74, 6) is -0.149. The molecular weight excluding hydrogens is 391 g/mol. The van der Waals surface area contributed by atoms with E-state index in [1.807, 2.05) is 0 Å². The molecule has 0 fully saturated rings. The van der Waals surface area contributed by atoms with Gasteiger partial charge in [-0.3, -0.25) is 0 Å². The topological polar surface area (TPSA) is 82.0 Å². The predicted octanol–water partition coefficient (Wildman–Crippen LogP) is 4.02. The third-order valence-electron chi connectivity index (χ3n) is 3.74. The van der Waals surface area contributed by atoms with Crippen molar-refractivity contribution < 1.29 is 21.6 Å². The van der Waals surface area contributed by atoms with Gasteiger partial charge in [0.15, 0.2) is 0 Å². The molecule has 5 nitrogen and oxygen atoms in total. The van der Waals surface area contributed by atoms with Crippen molar-refractivity contribution >= 4 is 15.7 Å². The van der Waals surface area contributed by atoms with Gasteiger partial charge in [-0.1, -0.05) is 24.3 Å². The summed E-state index contributed by atoms with van der Waals surface area (Å²) >= 11 is 0. The molecule has 0 spiro atoms. The highest BCUT2D eigenvalue weighted by molar-refractivity contribution is 7.88. The Morgan fingerprint density at radius 2 is 1.68 bits per heavy atom. The largest absolute Gasteiger partial charge is 0.417 e. The van der Waals surface area contributed by atoms with E-state index in [0.717, 1.165) is 17.7 Å². The zero-order valence-electron chi connectivity index (χ0n) is 15.3. The standard InChI is InChI=1S/C19H20F3N3O2S/c1-13(2)25-28(26,27)12-15-5-3-14(4-6-15)11-24-17-8-7-16(10-23)18(9-17)19(20,21)22/h3-9,13,24-25H,11-12H2,1-2H3. The van der Waals surface area contributed by atoms with Crippen LogP contribution in [-0.4, -0.2) is 14.5 Å². The smallest absolute Gasteiger partial charge is 0.381 e. The fraction of sp³-hybridized carbons (Fsp3) is 0.316. The number of anilines is 1. The van der Waals surface area contributed by atoms with Crippen LogP contribution in [0.1, 0.15) is 36.1 Å². The Morgan fingerprint density at radius 1 is 1.07 bits per heavy atom. The number of sulfonamides is 1. The predicted molar refractivity (Wildman–Crippen MR) is 101 cm³/mol. The number of halogens is 3. The third-order valence-corrected chi connectivity index (χ3v) is 5.28. The molecule has 0 saturated carbocycles. The highest BCUT2D eigenvalue weighted by Gasteiger charge is 2.33. The molecule has 0 aliphatic heterocycles. The van der Waals surface area contributed by atoms with Gasteiger partial charge >= 0.3 is 6.18 Å². The molecule has 0 bridgehead atoms. The van der Waals surface area contributed by atoms with Crippen LogP contribution in [0.5, 0.6) is 0 Å². The molecule has 150 valence electrons. The van der Waals surface area contributed by atoms with E-state index in [1.165, 1.54) is 12.1 Å². The fourth-order valence-electron chi connectivity index (χ4n) is 2.56. The van der Waals surface area contributed by atoms with E-state index in [4.69, 9.17) is 5.26 Å². The quantitative estimate of drug-likeness (QED) is 0.721. The molecule has 2 N–H and O–H groups in total. The Labute approximate surface area is 162 Å². The lowest BCUT2D eigenvalue weighted by Crippen LogP contribution is -2.31. The number of benzene rings is 2. The number of nitrogens with zero attached hydrogens (tertiary/aromatic N) is 1. The summed E-state index contributed by atoms with van der Waals surface area (Å²) in [4.78, 5) is 0. The average molecular weight is 411 g/mol. The first kappa shape index (κ1) is 21.7. The maximum absolute atomic E-state index is 13.0. The average Bonchev–Trinajstić information content (AvgIpc) is 2.58. The summed E-state index contributed by atoms with van der Waals surface area (Å²) in [6, 6.07) is 11.5. The van der Waals surface area contributed by atoms with Crippen LogP contribution in [0.25, 0.3) is 0 Å². The van der Waals surface area contributed by atoms with Gasteiger partial charge in [-0.15, -0.1) is 0 Å². The van der Waals surface area contributed by atoms with Crippen LogP contribution in [-0.2, 0) is 28.5 Å². The van der Waals surface area contributed by atoms with Gasteiger partial charge in [-0.25, -0.2) is 13.1 Å². The van der Waals surface area contributed by atoms with E-state index in [0.29, 0.717) is 5.56 Å². The molecule has 2 rings (SSSR count). The zero-order valence-corrected chi connectivity index (χ0v) is 16.2. The number of hydrogen-bond donors (Lipinski definition) is 2. The minimum atomic E-state index is -4.61. The van der Waals surface area contributed by atoms with Gasteiger partial charge in [0.2, 0.25) is 10.0 Å². The zero-order chi connectivity index (χ0) is 20.9. The maximum atomic E-state index is 13.0. The van der Waals surface area contributed by atoms with Gasteiger partial charge in [-0.2, -0.15) is 18.4 Å². The molecule has 0 saturated heterocycles. The van der Waals surface area contributed by atoms with E-state index >= 15 is 0 Å². The Hall–Kier alpha value is -2.57. The highest BCUT2D eigenvalue weighted by Crippen LogP contribution is 2.33. The second kappa shape index (κ2) is 8.63. The second-order valence-electron chi connectivity index (χ2n) is 6.57. The molecule has 0 heterocycles. The van der Waals surface area contributed by atoms with Crippen molar-refractivity contribution in [3.8, 4) is 6.07 Å². The van der Waals surface area contributed by atoms with Crippen LogP contribution < -0.4 is 10.0 Å². The normalized spacial score (nSPS) is 12.0.